The summed E-state index contributed by atoms with van der Waals surface area (Å²) in [7, 11) is 0. The molecule has 4 aromatic rings. The van der Waals surface area contributed by atoms with E-state index >= 15 is 0 Å². The van der Waals surface area contributed by atoms with Gasteiger partial charge in [-0.3, -0.25) is 0 Å². The van der Waals surface area contributed by atoms with E-state index in [4.69, 9.17) is 14.2 Å². The highest BCUT2D eigenvalue weighted by molar-refractivity contribution is 5.87. The summed E-state index contributed by atoms with van der Waals surface area (Å²) in [5, 5.41) is 4.20. The van der Waals surface area contributed by atoms with Crippen molar-refractivity contribution in [2.75, 3.05) is 43.1 Å². The lowest BCUT2D eigenvalue weighted by atomic mass is 10.2. The molecule has 1 fully saturated rings. The third-order valence-corrected chi connectivity index (χ3v) is 5.96. The van der Waals surface area contributed by atoms with Gasteiger partial charge in [-0.25, -0.2) is 19.7 Å². The van der Waals surface area contributed by atoms with E-state index in [0.29, 0.717) is 24.1 Å². The molecule has 1 saturated heterocycles. The van der Waals surface area contributed by atoms with Gasteiger partial charge in [0.05, 0.1) is 36.7 Å². The van der Waals surface area contributed by atoms with Gasteiger partial charge in [0.25, 0.3) is 0 Å². The summed E-state index contributed by atoms with van der Waals surface area (Å²) in [6.07, 6.45) is 5.06. The van der Waals surface area contributed by atoms with E-state index < -0.39 is 5.97 Å². The number of unbranched alkanes of at least 4 members (excludes halogenated alkanes) is 1. The number of anilines is 3. The maximum Gasteiger partial charge on any atom is 0.357 e. The van der Waals surface area contributed by atoms with E-state index in [1.807, 2.05) is 43.3 Å². The highest BCUT2D eigenvalue weighted by atomic mass is 16.5. The molecular formula is C28H29N5O4. The average molecular weight is 500 g/mol. The summed E-state index contributed by atoms with van der Waals surface area (Å²) in [4.78, 5) is 27.8. The van der Waals surface area contributed by atoms with Crippen LogP contribution in [-0.2, 0) is 9.47 Å². The Bertz CT molecular complexity index is 1370. The Morgan fingerprint density at radius 3 is 2.76 bits per heavy atom. The van der Waals surface area contributed by atoms with E-state index in [1.165, 1.54) is 6.20 Å². The number of carbonyl (C=O) groups is 1. The van der Waals surface area contributed by atoms with E-state index in [2.05, 4.69) is 31.2 Å². The van der Waals surface area contributed by atoms with Gasteiger partial charge in [-0.05, 0) is 42.8 Å². The number of hydrogen-bond acceptors (Lipinski definition) is 9. The molecule has 37 heavy (non-hydrogen) atoms. The molecule has 0 saturated carbocycles. The first-order chi connectivity index (χ1) is 18.2. The van der Waals surface area contributed by atoms with Crippen LogP contribution >= 0.6 is 0 Å². The number of hydrogen-bond donors (Lipinski definition) is 1. The number of esters is 1. The van der Waals surface area contributed by atoms with Crippen LogP contribution in [-0.4, -0.2) is 53.8 Å². The van der Waals surface area contributed by atoms with Gasteiger partial charge in [-0.1, -0.05) is 25.5 Å². The van der Waals surface area contributed by atoms with Crippen molar-refractivity contribution in [1.82, 2.24) is 15.0 Å². The van der Waals surface area contributed by atoms with Crippen LogP contribution in [0.5, 0.6) is 11.5 Å². The Kier molecular flexibility index (Phi) is 7.71. The number of benzene rings is 2. The molecule has 3 heterocycles. The zero-order valence-corrected chi connectivity index (χ0v) is 20.7. The van der Waals surface area contributed by atoms with Crippen molar-refractivity contribution in [1.29, 1.82) is 0 Å². The monoisotopic (exact) mass is 499 g/mol. The Hall–Kier alpha value is -4.24. The second kappa shape index (κ2) is 11.7. The maximum atomic E-state index is 12.2. The Morgan fingerprint density at radius 2 is 1.89 bits per heavy atom. The van der Waals surface area contributed by atoms with Crippen molar-refractivity contribution >= 4 is 34.2 Å². The molecule has 2 aromatic carbocycles. The highest BCUT2D eigenvalue weighted by Crippen LogP contribution is 2.30. The molecule has 1 aliphatic rings. The van der Waals surface area contributed by atoms with Gasteiger partial charge in [0.2, 0.25) is 5.95 Å². The van der Waals surface area contributed by atoms with Crippen molar-refractivity contribution in [2.45, 2.75) is 19.8 Å². The van der Waals surface area contributed by atoms with Crippen LogP contribution in [0.1, 0.15) is 30.3 Å². The minimum atomic E-state index is -0.457. The number of ether oxygens (including phenoxy) is 3. The maximum absolute atomic E-state index is 12.2. The quantitative estimate of drug-likeness (QED) is 0.241. The molecule has 0 atom stereocenters. The zero-order chi connectivity index (χ0) is 25.5. The fourth-order valence-electron chi connectivity index (χ4n) is 4.02. The largest absolute Gasteiger partial charge is 0.461 e. The first-order valence-corrected chi connectivity index (χ1v) is 12.5. The number of morpholine rings is 1. The molecule has 0 radical (unpaired) electrons. The number of carbonyl (C=O) groups excluding carboxylic acids is 1. The molecule has 0 aliphatic carbocycles. The summed E-state index contributed by atoms with van der Waals surface area (Å²) < 4.78 is 16.7. The first kappa shape index (κ1) is 24.5. The van der Waals surface area contributed by atoms with Gasteiger partial charge in [-0.2, -0.15) is 0 Å². The first-order valence-electron chi connectivity index (χ1n) is 12.5. The molecule has 0 spiro atoms. The Morgan fingerprint density at radius 1 is 1.05 bits per heavy atom. The van der Waals surface area contributed by atoms with E-state index in [9.17, 15) is 4.79 Å². The van der Waals surface area contributed by atoms with Gasteiger partial charge in [0.15, 0.2) is 5.69 Å². The van der Waals surface area contributed by atoms with Crippen LogP contribution in [0.3, 0.4) is 0 Å². The van der Waals surface area contributed by atoms with Crippen molar-refractivity contribution < 1.29 is 19.0 Å². The Balaban J connectivity index is 1.29. The number of pyridine rings is 1. The van der Waals surface area contributed by atoms with Crippen LogP contribution in [0.25, 0.3) is 10.9 Å². The van der Waals surface area contributed by atoms with Gasteiger partial charge < -0.3 is 24.4 Å². The minimum absolute atomic E-state index is 0.214. The second-order valence-electron chi connectivity index (χ2n) is 8.62. The number of nitrogens with one attached hydrogen (secondary N) is 1. The topological polar surface area (TPSA) is 98.7 Å². The van der Waals surface area contributed by atoms with E-state index in [0.717, 1.165) is 61.4 Å². The fraction of sp³-hybridized carbons (Fsp3) is 0.286. The van der Waals surface area contributed by atoms with Crippen LogP contribution in [0.2, 0.25) is 0 Å². The third-order valence-electron chi connectivity index (χ3n) is 5.96. The molecule has 9 nitrogen and oxygen atoms in total. The molecule has 0 amide bonds. The molecule has 2 aromatic heterocycles. The normalized spacial score (nSPS) is 13.4. The lowest BCUT2D eigenvalue weighted by Crippen LogP contribution is -2.36. The van der Waals surface area contributed by atoms with Gasteiger partial charge in [0, 0.05) is 36.9 Å². The molecule has 1 N–H and O–H groups in total. The standard InChI is InChI=1S/C28H29N5O4/c1-2-3-14-36-27(34)25-18-22(10-11-29-25)37-21-8-9-23-20(17-21)19-30-28(31-23)32-24-6-4-5-7-26(24)33-12-15-35-16-13-33/h4-11,17-19H,2-3,12-16H2,1H3,(H,30,31,32). The number of aromatic nitrogens is 3. The van der Waals surface area contributed by atoms with Gasteiger partial charge >= 0.3 is 5.97 Å². The predicted octanol–water partition coefficient (Wildman–Crippen LogP) is 5.35. The molecule has 1 aliphatic heterocycles. The molecule has 5 rings (SSSR count). The Labute approximate surface area is 215 Å². The zero-order valence-electron chi connectivity index (χ0n) is 20.7. The summed E-state index contributed by atoms with van der Waals surface area (Å²) in [5.41, 5.74) is 3.05. The van der Waals surface area contributed by atoms with E-state index in [1.54, 1.807) is 18.3 Å². The molecule has 9 heteroatoms. The van der Waals surface area contributed by atoms with Crippen molar-refractivity contribution in [3.63, 3.8) is 0 Å². The van der Waals surface area contributed by atoms with Crippen molar-refractivity contribution in [2.24, 2.45) is 0 Å². The molecule has 0 bridgehead atoms. The fourth-order valence-corrected chi connectivity index (χ4v) is 4.02. The SMILES string of the molecule is CCCCOC(=O)c1cc(Oc2ccc3nc(Nc4ccccc4N4CCOCC4)ncc3c2)ccn1. The molecular weight excluding hydrogens is 470 g/mol. The number of nitrogens with zero attached hydrogens (tertiary/aromatic N) is 4. The average Bonchev–Trinajstić information content (AvgIpc) is 2.94. The summed E-state index contributed by atoms with van der Waals surface area (Å²) >= 11 is 0. The lowest BCUT2D eigenvalue weighted by molar-refractivity contribution is 0.0492. The third kappa shape index (κ3) is 6.13. The molecule has 190 valence electrons. The van der Waals surface area contributed by atoms with Gasteiger partial charge in [0.1, 0.15) is 11.5 Å². The predicted molar refractivity (Wildman–Crippen MR) is 142 cm³/mol. The minimum Gasteiger partial charge on any atom is -0.461 e. The van der Waals surface area contributed by atoms with Crippen LogP contribution in [0.4, 0.5) is 17.3 Å². The second-order valence-corrected chi connectivity index (χ2v) is 8.62. The number of fused-ring (bicyclic) bond motifs is 1. The van der Waals surface area contributed by atoms with Crippen LogP contribution in [0, 0.1) is 0 Å². The summed E-state index contributed by atoms with van der Waals surface area (Å²) in [6.45, 7) is 5.54. The lowest BCUT2D eigenvalue weighted by Gasteiger charge is -2.30. The van der Waals surface area contributed by atoms with Crippen molar-refractivity contribution in [3.8, 4) is 11.5 Å². The van der Waals surface area contributed by atoms with Crippen LogP contribution < -0.4 is 15.0 Å². The molecule has 0 unspecified atom stereocenters. The smallest absolute Gasteiger partial charge is 0.357 e. The number of rotatable bonds is 9. The van der Waals surface area contributed by atoms with Crippen molar-refractivity contribution in [3.05, 3.63) is 72.7 Å². The van der Waals surface area contributed by atoms with Gasteiger partial charge in [-0.15, -0.1) is 0 Å². The summed E-state index contributed by atoms with van der Waals surface area (Å²) in [6, 6.07) is 17.0. The highest BCUT2D eigenvalue weighted by Gasteiger charge is 2.15. The van der Waals surface area contributed by atoms with Crippen LogP contribution in [0.15, 0.2) is 67.0 Å². The number of para-hydroxylation sites is 2. The van der Waals surface area contributed by atoms with E-state index in [-0.39, 0.29) is 5.69 Å². The summed E-state index contributed by atoms with van der Waals surface area (Å²) in [5.74, 6) is 1.16.